The number of halogens is 1. The zero-order valence-electron chi connectivity index (χ0n) is 7.43. The molecule has 1 aliphatic heterocycles. The number of pyridine rings is 1. The number of carbonyl (C=O) groups is 1. The van der Waals surface area contributed by atoms with Crippen molar-refractivity contribution in [2.24, 2.45) is 5.73 Å². The Morgan fingerprint density at radius 2 is 2.43 bits per heavy atom. The monoisotopic (exact) mass is 214 g/mol. The van der Waals surface area contributed by atoms with Crippen molar-refractivity contribution < 1.29 is 4.79 Å². The molecule has 2 heterocycles. The molecule has 0 aromatic carbocycles. The highest BCUT2D eigenvalue weighted by atomic mass is 35.5. The van der Waals surface area contributed by atoms with Crippen LogP contribution in [0.4, 0.5) is 10.6 Å². The van der Waals surface area contributed by atoms with Gasteiger partial charge in [0.25, 0.3) is 0 Å². The number of hydrogen-bond acceptors (Lipinski definition) is 3. The predicted octanol–water partition coefficient (Wildman–Crippen LogP) is 0.767. The number of nitrogens with one attached hydrogen (secondary N) is 1. The Labute approximate surface area is 87.7 Å². The van der Waals surface area contributed by atoms with E-state index in [1.54, 1.807) is 6.20 Å². The smallest absolute Gasteiger partial charge is 0.316 e. The summed E-state index contributed by atoms with van der Waals surface area (Å²) in [6.07, 6.45) is 1.71. The lowest BCUT2D eigenvalue weighted by atomic mass is 10.2. The second-order valence-corrected chi connectivity index (χ2v) is 2.88. The lowest BCUT2D eigenvalue weighted by Crippen LogP contribution is -2.41. The lowest BCUT2D eigenvalue weighted by Gasteiger charge is -2.27. The van der Waals surface area contributed by atoms with Crippen molar-refractivity contribution in [3.8, 4) is 0 Å². The van der Waals surface area contributed by atoms with Gasteiger partial charge in [-0.15, -0.1) is 12.4 Å². The molecule has 0 saturated carbocycles. The van der Waals surface area contributed by atoms with Crippen LogP contribution in [-0.4, -0.2) is 22.6 Å². The fourth-order valence-corrected chi connectivity index (χ4v) is 1.31. The summed E-state index contributed by atoms with van der Waals surface area (Å²) in [5, 5.41) is 3.01. The Morgan fingerprint density at radius 3 is 3.14 bits per heavy atom. The second-order valence-electron chi connectivity index (χ2n) is 2.88. The molecule has 0 saturated heterocycles. The molecular formula is C8H11ClN4O. The minimum atomic E-state index is -0.415. The molecule has 0 unspecified atom stereocenters. The standard InChI is InChI=1S/C8H10N4O.ClH/c9-8(13)12-4-6-2-1-3-10-7(6)11-5-12;/h1-3H,4-5H2,(H2,9,13)(H,10,11);1H. The number of urea groups is 1. The molecule has 14 heavy (non-hydrogen) atoms. The Balaban J connectivity index is 0.000000980. The van der Waals surface area contributed by atoms with Gasteiger partial charge in [0.2, 0.25) is 0 Å². The molecule has 1 aromatic heterocycles. The SMILES string of the molecule is Cl.NC(=O)N1CNc2ncccc2C1. The molecule has 1 aromatic rings. The molecule has 0 spiro atoms. The van der Waals surface area contributed by atoms with E-state index in [-0.39, 0.29) is 12.4 Å². The van der Waals surface area contributed by atoms with Crippen molar-refractivity contribution in [3.05, 3.63) is 23.9 Å². The summed E-state index contributed by atoms with van der Waals surface area (Å²) in [5.41, 5.74) is 6.14. The first kappa shape index (κ1) is 10.6. The van der Waals surface area contributed by atoms with Crippen LogP contribution in [0.2, 0.25) is 0 Å². The summed E-state index contributed by atoms with van der Waals surface area (Å²) in [4.78, 5) is 16.5. The minimum Gasteiger partial charge on any atom is -0.352 e. The summed E-state index contributed by atoms with van der Waals surface area (Å²) in [6, 6.07) is 3.34. The summed E-state index contributed by atoms with van der Waals surface area (Å²) >= 11 is 0. The second kappa shape index (κ2) is 4.15. The number of fused-ring (bicyclic) bond motifs is 1. The normalized spacial score (nSPS) is 13.6. The van der Waals surface area contributed by atoms with E-state index in [0.29, 0.717) is 13.2 Å². The van der Waals surface area contributed by atoms with Gasteiger partial charge in [-0.05, 0) is 6.07 Å². The van der Waals surface area contributed by atoms with E-state index in [9.17, 15) is 4.79 Å². The molecule has 1 aliphatic rings. The van der Waals surface area contributed by atoms with Gasteiger partial charge < -0.3 is 16.0 Å². The van der Waals surface area contributed by atoms with Gasteiger partial charge in [-0.25, -0.2) is 9.78 Å². The van der Waals surface area contributed by atoms with Gasteiger partial charge >= 0.3 is 6.03 Å². The maximum atomic E-state index is 10.9. The van der Waals surface area contributed by atoms with Crippen LogP contribution in [0.25, 0.3) is 0 Å². The van der Waals surface area contributed by atoms with Crippen LogP contribution >= 0.6 is 12.4 Å². The van der Waals surface area contributed by atoms with Crippen molar-refractivity contribution in [1.82, 2.24) is 9.88 Å². The van der Waals surface area contributed by atoms with E-state index in [1.807, 2.05) is 12.1 Å². The van der Waals surface area contributed by atoms with Crippen molar-refractivity contribution >= 4 is 24.3 Å². The molecule has 76 valence electrons. The van der Waals surface area contributed by atoms with Crippen molar-refractivity contribution in [2.45, 2.75) is 6.54 Å². The van der Waals surface area contributed by atoms with E-state index in [0.717, 1.165) is 11.4 Å². The third kappa shape index (κ3) is 1.88. The summed E-state index contributed by atoms with van der Waals surface area (Å²) < 4.78 is 0. The number of carbonyl (C=O) groups excluding carboxylic acids is 1. The maximum Gasteiger partial charge on any atom is 0.316 e. The fourth-order valence-electron chi connectivity index (χ4n) is 1.31. The zero-order valence-corrected chi connectivity index (χ0v) is 8.25. The van der Waals surface area contributed by atoms with E-state index in [2.05, 4.69) is 10.3 Å². The maximum absolute atomic E-state index is 10.9. The van der Waals surface area contributed by atoms with Gasteiger partial charge in [-0.3, -0.25) is 0 Å². The molecular weight excluding hydrogens is 204 g/mol. The van der Waals surface area contributed by atoms with Gasteiger partial charge in [0.1, 0.15) is 5.82 Å². The van der Waals surface area contributed by atoms with Gasteiger partial charge in [-0.2, -0.15) is 0 Å². The average Bonchev–Trinajstić information content (AvgIpc) is 2.17. The minimum absolute atomic E-state index is 0. The molecule has 5 nitrogen and oxygen atoms in total. The van der Waals surface area contributed by atoms with Crippen molar-refractivity contribution in [2.75, 3.05) is 12.0 Å². The van der Waals surface area contributed by atoms with Crippen molar-refractivity contribution in [3.63, 3.8) is 0 Å². The number of nitrogens with zero attached hydrogens (tertiary/aromatic N) is 2. The van der Waals surface area contributed by atoms with E-state index in [1.165, 1.54) is 4.90 Å². The van der Waals surface area contributed by atoms with E-state index >= 15 is 0 Å². The predicted molar refractivity (Wildman–Crippen MR) is 55.1 cm³/mol. The first-order chi connectivity index (χ1) is 6.27. The van der Waals surface area contributed by atoms with Crippen LogP contribution < -0.4 is 11.1 Å². The number of rotatable bonds is 0. The molecule has 2 amide bonds. The molecule has 0 bridgehead atoms. The summed E-state index contributed by atoms with van der Waals surface area (Å²) in [7, 11) is 0. The summed E-state index contributed by atoms with van der Waals surface area (Å²) in [5.74, 6) is 0.833. The molecule has 6 heteroatoms. The zero-order chi connectivity index (χ0) is 9.26. The molecule has 2 rings (SSSR count). The molecule has 0 radical (unpaired) electrons. The van der Waals surface area contributed by atoms with E-state index in [4.69, 9.17) is 5.73 Å². The molecule has 0 aliphatic carbocycles. The van der Waals surface area contributed by atoms with Crippen LogP contribution in [0, 0.1) is 0 Å². The first-order valence-electron chi connectivity index (χ1n) is 3.99. The topological polar surface area (TPSA) is 71.2 Å². The number of aromatic nitrogens is 1. The van der Waals surface area contributed by atoms with Crippen LogP contribution in [0.5, 0.6) is 0 Å². The third-order valence-corrected chi connectivity index (χ3v) is 2.00. The molecule has 3 N–H and O–H groups in total. The number of amides is 2. The largest absolute Gasteiger partial charge is 0.352 e. The van der Waals surface area contributed by atoms with Crippen molar-refractivity contribution in [1.29, 1.82) is 0 Å². The Morgan fingerprint density at radius 1 is 1.64 bits per heavy atom. The van der Waals surface area contributed by atoms with Crippen LogP contribution in [-0.2, 0) is 6.54 Å². The fraction of sp³-hybridized carbons (Fsp3) is 0.250. The molecule has 0 atom stereocenters. The van der Waals surface area contributed by atoms with Gasteiger partial charge in [0.05, 0.1) is 13.2 Å². The van der Waals surface area contributed by atoms with Crippen LogP contribution in [0.3, 0.4) is 0 Å². The number of hydrogen-bond donors (Lipinski definition) is 2. The van der Waals surface area contributed by atoms with Gasteiger partial charge in [0.15, 0.2) is 0 Å². The quantitative estimate of drug-likeness (QED) is 0.670. The molecule has 0 fully saturated rings. The highest BCUT2D eigenvalue weighted by Crippen LogP contribution is 2.17. The summed E-state index contributed by atoms with van der Waals surface area (Å²) in [6.45, 7) is 0.963. The van der Waals surface area contributed by atoms with Gasteiger partial charge in [0, 0.05) is 11.8 Å². The number of anilines is 1. The van der Waals surface area contributed by atoms with Crippen LogP contribution in [0.1, 0.15) is 5.56 Å². The lowest BCUT2D eigenvalue weighted by molar-refractivity contribution is 0.207. The third-order valence-electron chi connectivity index (χ3n) is 2.00. The Kier molecular flexibility index (Phi) is 3.14. The average molecular weight is 215 g/mol. The number of nitrogens with two attached hydrogens (primary N) is 1. The highest BCUT2D eigenvalue weighted by molar-refractivity contribution is 5.85. The highest BCUT2D eigenvalue weighted by Gasteiger charge is 2.17. The van der Waals surface area contributed by atoms with Gasteiger partial charge in [-0.1, -0.05) is 6.07 Å². The first-order valence-corrected chi connectivity index (χ1v) is 3.99. The Hall–Kier alpha value is -1.49. The number of primary amides is 1. The van der Waals surface area contributed by atoms with Crippen LogP contribution in [0.15, 0.2) is 18.3 Å². The van der Waals surface area contributed by atoms with E-state index < -0.39 is 6.03 Å². The Bertz CT molecular complexity index is 344.